The van der Waals surface area contributed by atoms with Gasteiger partial charge in [0.15, 0.2) is 0 Å². The molecule has 0 atom stereocenters. The van der Waals surface area contributed by atoms with Gasteiger partial charge in [0.1, 0.15) is 11.6 Å². The zero-order valence-corrected chi connectivity index (χ0v) is 13.8. The summed E-state index contributed by atoms with van der Waals surface area (Å²) in [6.07, 6.45) is 3.25. The van der Waals surface area contributed by atoms with Crippen molar-refractivity contribution in [2.75, 3.05) is 10.6 Å². The van der Waals surface area contributed by atoms with E-state index in [-0.39, 0.29) is 10.9 Å². The molecule has 0 aliphatic carbocycles. The van der Waals surface area contributed by atoms with Crippen LogP contribution in [-0.2, 0) is 6.54 Å². The van der Waals surface area contributed by atoms with Crippen LogP contribution in [0.25, 0.3) is 0 Å². The molecule has 0 bridgehead atoms. The van der Waals surface area contributed by atoms with E-state index in [2.05, 4.69) is 20.6 Å². The largest absolute Gasteiger partial charge is 0.364 e. The van der Waals surface area contributed by atoms with Gasteiger partial charge in [0.05, 0.1) is 17.3 Å². The lowest BCUT2D eigenvalue weighted by atomic mass is 10.2. The van der Waals surface area contributed by atoms with Gasteiger partial charge in [-0.3, -0.25) is 9.78 Å². The highest BCUT2D eigenvalue weighted by atomic mass is 35.5. The highest BCUT2D eigenvalue weighted by Crippen LogP contribution is 2.20. The minimum Gasteiger partial charge on any atom is -0.364 e. The Hall–Kier alpha value is -2.99. The number of hydrogen-bond acceptors (Lipinski definition) is 4. The Morgan fingerprint density at radius 2 is 1.96 bits per heavy atom. The number of benzene rings is 1. The maximum Gasteiger partial charge on any atom is 0.255 e. The lowest BCUT2D eigenvalue weighted by molar-refractivity contribution is 0.102. The van der Waals surface area contributed by atoms with Gasteiger partial charge in [-0.1, -0.05) is 17.7 Å². The van der Waals surface area contributed by atoms with Crippen molar-refractivity contribution in [3.63, 3.8) is 0 Å². The van der Waals surface area contributed by atoms with E-state index >= 15 is 0 Å². The van der Waals surface area contributed by atoms with Gasteiger partial charge in [-0.25, -0.2) is 9.37 Å². The van der Waals surface area contributed by atoms with E-state index in [0.29, 0.717) is 23.6 Å². The van der Waals surface area contributed by atoms with Crippen LogP contribution < -0.4 is 10.6 Å². The molecule has 1 aromatic carbocycles. The quantitative estimate of drug-likeness (QED) is 0.721. The first kappa shape index (κ1) is 16.9. The molecule has 0 unspecified atom stereocenters. The summed E-state index contributed by atoms with van der Waals surface area (Å²) in [4.78, 5) is 20.7. The highest BCUT2D eigenvalue weighted by Gasteiger charge is 2.09. The Bertz CT molecular complexity index is 889. The number of rotatable bonds is 5. The first-order valence-corrected chi connectivity index (χ1v) is 7.86. The molecule has 0 saturated carbocycles. The fraction of sp³-hybridized carbons (Fsp3) is 0.0556. The van der Waals surface area contributed by atoms with Crippen LogP contribution in [0.5, 0.6) is 0 Å². The van der Waals surface area contributed by atoms with Gasteiger partial charge >= 0.3 is 0 Å². The zero-order valence-electron chi connectivity index (χ0n) is 13.0. The molecule has 2 heterocycles. The first-order chi connectivity index (χ1) is 12.1. The van der Waals surface area contributed by atoms with Crippen molar-refractivity contribution in [1.82, 2.24) is 9.97 Å². The second-order valence-electron chi connectivity index (χ2n) is 5.19. The average molecular weight is 357 g/mol. The third kappa shape index (κ3) is 4.51. The molecule has 126 valence electrons. The molecule has 1 amide bonds. The summed E-state index contributed by atoms with van der Waals surface area (Å²) >= 11 is 5.72. The van der Waals surface area contributed by atoms with Gasteiger partial charge in [0.2, 0.25) is 0 Å². The number of carbonyl (C=O) groups excluding carboxylic acids is 1. The topological polar surface area (TPSA) is 66.9 Å². The molecule has 25 heavy (non-hydrogen) atoms. The standard InChI is InChI=1S/C18H14ClFN4O/c19-15-10-13(4-5-16(15)20)24-18(25)12-6-8-22-17(9-12)23-11-14-3-1-2-7-21-14/h1-10H,11H2,(H,22,23)(H,24,25). The summed E-state index contributed by atoms with van der Waals surface area (Å²) in [5, 5.41) is 5.73. The molecule has 0 saturated heterocycles. The number of pyridine rings is 2. The van der Waals surface area contributed by atoms with Crippen LogP contribution >= 0.6 is 11.6 Å². The van der Waals surface area contributed by atoms with Crippen molar-refractivity contribution in [3.05, 3.63) is 83.0 Å². The van der Waals surface area contributed by atoms with Crippen LogP contribution in [0.15, 0.2) is 60.9 Å². The van der Waals surface area contributed by atoms with Crippen LogP contribution in [0.1, 0.15) is 16.1 Å². The fourth-order valence-corrected chi connectivity index (χ4v) is 2.31. The lowest BCUT2D eigenvalue weighted by Crippen LogP contribution is -2.13. The third-order valence-corrected chi connectivity index (χ3v) is 3.67. The third-order valence-electron chi connectivity index (χ3n) is 3.38. The van der Waals surface area contributed by atoms with Gasteiger partial charge in [-0.2, -0.15) is 0 Å². The molecule has 5 nitrogen and oxygen atoms in total. The number of nitrogens with zero attached hydrogens (tertiary/aromatic N) is 2. The van der Waals surface area contributed by atoms with Crippen molar-refractivity contribution < 1.29 is 9.18 Å². The van der Waals surface area contributed by atoms with Crippen molar-refractivity contribution in [3.8, 4) is 0 Å². The molecule has 0 spiro atoms. The molecule has 7 heteroatoms. The monoisotopic (exact) mass is 356 g/mol. The van der Waals surface area contributed by atoms with E-state index in [1.807, 2.05) is 18.2 Å². The summed E-state index contributed by atoms with van der Waals surface area (Å²) in [6, 6.07) is 12.8. The molecule has 0 fully saturated rings. The van der Waals surface area contributed by atoms with E-state index < -0.39 is 5.82 Å². The van der Waals surface area contributed by atoms with E-state index in [4.69, 9.17) is 11.6 Å². The predicted molar refractivity (Wildman–Crippen MR) is 95.2 cm³/mol. The van der Waals surface area contributed by atoms with Crippen LogP contribution in [0.2, 0.25) is 5.02 Å². The first-order valence-electron chi connectivity index (χ1n) is 7.48. The van der Waals surface area contributed by atoms with Crippen molar-refractivity contribution >= 4 is 29.0 Å². The molecule has 3 aromatic rings. The van der Waals surface area contributed by atoms with E-state index in [9.17, 15) is 9.18 Å². The van der Waals surface area contributed by atoms with Crippen molar-refractivity contribution in [2.45, 2.75) is 6.54 Å². The van der Waals surface area contributed by atoms with Crippen molar-refractivity contribution in [2.24, 2.45) is 0 Å². The molecule has 2 N–H and O–H groups in total. The normalized spacial score (nSPS) is 10.3. The van der Waals surface area contributed by atoms with E-state index in [0.717, 1.165) is 5.69 Å². The fourth-order valence-electron chi connectivity index (χ4n) is 2.13. The zero-order chi connectivity index (χ0) is 17.6. The number of nitrogens with one attached hydrogen (secondary N) is 2. The van der Waals surface area contributed by atoms with Gasteiger partial charge < -0.3 is 10.6 Å². The molecular weight excluding hydrogens is 343 g/mol. The smallest absolute Gasteiger partial charge is 0.255 e. The Kier molecular flexibility index (Phi) is 5.20. The summed E-state index contributed by atoms with van der Waals surface area (Å²) in [5.41, 5.74) is 1.69. The van der Waals surface area contributed by atoms with Crippen molar-refractivity contribution in [1.29, 1.82) is 0 Å². The van der Waals surface area contributed by atoms with Crippen LogP contribution in [0.4, 0.5) is 15.9 Å². The number of hydrogen-bond donors (Lipinski definition) is 2. The second kappa shape index (κ2) is 7.72. The van der Waals surface area contributed by atoms with Gasteiger partial charge in [-0.05, 0) is 42.5 Å². The van der Waals surface area contributed by atoms with Gasteiger partial charge in [0, 0.05) is 23.6 Å². The number of amides is 1. The Morgan fingerprint density at radius 1 is 1.08 bits per heavy atom. The number of anilines is 2. The maximum atomic E-state index is 13.2. The molecule has 3 rings (SSSR count). The van der Waals surface area contributed by atoms with Crippen LogP contribution in [0.3, 0.4) is 0 Å². The summed E-state index contributed by atoms with van der Waals surface area (Å²) in [5.74, 6) is -0.328. The maximum absolute atomic E-state index is 13.2. The summed E-state index contributed by atoms with van der Waals surface area (Å²) in [7, 11) is 0. The predicted octanol–water partition coefficient (Wildman–Crippen LogP) is 4.13. The van der Waals surface area contributed by atoms with Gasteiger partial charge in [0.25, 0.3) is 5.91 Å². The Morgan fingerprint density at radius 3 is 2.72 bits per heavy atom. The summed E-state index contributed by atoms with van der Waals surface area (Å²) in [6.45, 7) is 0.493. The average Bonchev–Trinajstić information content (AvgIpc) is 2.64. The molecule has 0 aliphatic rings. The number of aromatic nitrogens is 2. The number of halogens is 2. The van der Waals surface area contributed by atoms with Crippen LogP contribution in [0, 0.1) is 5.82 Å². The minimum absolute atomic E-state index is 0.0507. The SMILES string of the molecule is O=C(Nc1ccc(F)c(Cl)c1)c1ccnc(NCc2ccccn2)c1. The minimum atomic E-state index is -0.537. The highest BCUT2D eigenvalue weighted by molar-refractivity contribution is 6.31. The Balaban J connectivity index is 1.67. The van der Waals surface area contributed by atoms with Gasteiger partial charge in [-0.15, -0.1) is 0 Å². The molecule has 2 aromatic heterocycles. The van der Waals surface area contributed by atoms with E-state index in [1.54, 1.807) is 18.3 Å². The Labute approximate surface area is 148 Å². The molecular formula is C18H14ClFN4O. The molecule has 0 radical (unpaired) electrons. The molecule has 0 aliphatic heterocycles. The van der Waals surface area contributed by atoms with Crippen LogP contribution in [-0.4, -0.2) is 15.9 Å². The number of carbonyl (C=O) groups is 1. The second-order valence-corrected chi connectivity index (χ2v) is 5.59. The van der Waals surface area contributed by atoms with E-state index in [1.165, 1.54) is 24.4 Å². The summed E-state index contributed by atoms with van der Waals surface area (Å²) < 4.78 is 13.2. The lowest BCUT2D eigenvalue weighted by Gasteiger charge is -2.08.